The first-order valence-electron chi connectivity index (χ1n) is 6.64. The smallest absolute Gasteiger partial charge is 0.251 e. The molecule has 1 fully saturated rings. The Morgan fingerprint density at radius 1 is 1.16 bits per heavy atom. The van der Waals surface area contributed by atoms with Crippen LogP contribution in [0.15, 0.2) is 18.2 Å². The number of aliphatic hydroxyl groups is 1. The van der Waals surface area contributed by atoms with Crippen molar-refractivity contribution >= 4 is 17.3 Å². The molecule has 1 aliphatic carbocycles. The molecule has 0 radical (unpaired) electrons. The van der Waals surface area contributed by atoms with Gasteiger partial charge in [-0.05, 0) is 31.0 Å². The summed E-state index contributed by atoms with van der Waals surface area (Å²) in [6.07, 6.45) is 4.84. The number of hydrogen-bond acceptors (Lipinski definition) is 4. The molecule has 0 heterocycles. The number of carbonyl (C=O) groups is 1. The summed E-state index contributed by atoms with van der Waals surface area (Å²) in [6, 6.07) is 4.80. The Bertz CT molecular complexity index is 448. The minimum Gasteiger partial charge on any atom is -0.399 e. The van der Waals surface area contributed by atoms with Crippen LogP contribution in [0.4, 0.5) is 11.4 Å². The van der Waals surface area contributed by atoms with Gasteiger partial charge in [0.05, 0.1) is 12.1 Å². The molecule has 0 atom stereocenters. The van der Waals surface area contributed by atoms with Crippen molar-refractivity contribution in [3.05, 3.63) is 23.8 Å². The summed E-state index contributed by atoms with van der Waals surface area (Å²) in [5.41, 5.74) is 12.3. The van der Waals surface area contributed by atoms with E-state index in [0.29, 0.717) is 16.9 Å². The molecule has 1 amide bonds. The number of amides is 1. The fourth-order valence-corrected chi connectivity index (χ4v) is 2.67. The van der Waals surface area contributed by atoms with Crippen LogP contribution < -0.4 is 16.8 Å². The lowest BCUT2D eigenvalue weighted by Crippen LogP contribution is -2.52. The largest absolute Gasteiger partial charge is 0.399 e. The molecule has 5 nitrogen and oxygen atoms in total. The lowest BCUT2D eigenvalue weighted by atomic mass is 9.82. The number of carbonyl (C=O) groups excluding carboxylic acids is 1. The molecule has 6 N–H and O–H groups in total. The molecule has 2 rings (SSSR count). The maximum Gasteiger partial charge on any atom is 0.251 e. The highest BCUT2D eigenvalue weighted by molar-refractivity contribution is 5.96. The summed E-state index contributed by atoms with van der Waals surface area (Å²) in [7, 11) is 0. The molecule has 0 bridgehead atoms. The van der Waals surface area contributed by atoms with E-state index in [1.165, 1.54) is 0 Å². The second kappa shape index (κ2) is 5.48. The van der Waals surface area contributed by atoms with Gasteiger partial charge in [-0.3, -0.25) is 4.79 Å². The minimum atomic E-state index is -0.491. The van der Waals surface area contributed by atoms with Crippen molar-refractivity contribution in [2.75, 3.05) is 18.1 Å². The van der Waals surface area contributed by atoms with Crippen LogP contribution in [0.1, 0.15) is 42.5 Å². The van der Waals surface area contributed by atoms with Crippen LogP contribution in [-0.4, -0.2) is 23.2 Å². The molecule has 5 heteroatoms. The van der Waals surface area contributed by atoms with Gasteiger partial charge < -0.3 is 21.9 Å². The Hall–Kier alpha value is -1.75. The van der Waals surface area contributed by atoms with E-state index in [1.54, 1.807) is 18.2 Å². The number of nitrogen functional groups attached to an aromatic ring is 2. The molecular weight excluding hydrogens is 242 g/mol. The monoisotopic (exact) mass is 263 g/mol. The third kappa shape index (κ3) is 3.17. The third-order valence-corrected chi connectivity index (χ3v) is 3.73. The van der Waals surface area contributed by atoms with Crippen molar-refractivity contribution in [2.45, 2.75) is 37.6 Å². The lowest BCUT2D eigenvalue weighted by molar-refractivity contribution is 0.0758. The van der Waals surface area contributed by atoms with E-state index in [0.717, 1.165) is 32.1 Å². The number of nitrogens with two attached hydrogens (primary N) is 2. The first kappa shape index (κ1) is 13.7. The second-order valence-electron chi connectivity index (χ2n) is 5.34. The number of benzene rings is 1. The average Bonchev–Trinajstić information content (AvgIpc) is 2.38. The van der Waals surface area contributed by atoms with E-state index in [-0.39, 0.29) is 12.5 Å². The first-order valence-corrected chi connectivity index (χ1v) is 6.64. The molecule has 104 valence electrons. The standard InChI is InChI=1S/C14H21N3O2/c15-11-6-10(7-12(16)8-11)13(19)17-14(9-18)4-2-1-3-5-14/h6-8,18H,1-5,9,15-16H2,(H,17,19). The molecule has 0 saturated heterocycles. The van der Waals surface area contributed by atoms with Crippen molar-refractivity contribution in [2.24, 2.45) is 0 Å². The Balaban J connectivity index is 2.15. The van der Waals surface area contributed by atoms with E-state index >= 15 is 0 Å². The maximum atomic E-state index is 12.2. The lowest BCUT2D eigenvalue weighted by Gasteiger charge is -2.36. The highest BCUT2D eigenvalue weighted by Crippen LogP contribution is 2.28. The number of hydrogen-bond donors (Lipinski definition) is 4. The normalized spacial score (nSPS) is 17.9. The van der Waals surface area contributed by atoms with Gasteiger partial charge in [0.25, 0.3) is 5.91 Å². The molecule has 1 aromatic carbocycles. The summed E-state index contributed by atoms with van der Waals surface area (Å²) < 4.78 is 0. The molecule has 1 aromatic rings. The van der Waals surface area contributed by atoms with Gasteiger partial charge in [0, 0.05) is 16.9 Å². The van der Waals surface area contributed by atoms with Crippen LogP contribution in [-0.2, 0) is 0 Å². The fraction of sp³-hybridized carbons (Fsp3) is 0.500. The fourth-order valence-electron chi connectivity index (χ4n) is 2.67. The third-order valence-electron chi connectivity index (χ3n) is 3.73. The van der Waals surface area contributed by atoms with Crippen LogP contribution in [0.25, 0.3) is 0 Å². The van der Waals surface area contributed by atoms with E-state index in [2.05, 4.69) is 5.32 Å². The SMILES string of the molecule is Nc1cc(N)cc(C(=O)NC2(CO)CCCCC2)c1. The zero-order chi connectivity index (χ0) is 13.9. The summed E-state index contributed by atoms with van der Waals surface area (Å²) in [4.78, 5) is 12.2. The topological polar surface area (TPSA) is 101 Å². The molecule has 1 aliphatic rings. The minimum absolute atomic E-state index is 0.0312. The Morgan fingerprint density at radius 3 is 2.26 bits per heavy atom. The van der Waals surface area contributed by atoms with Crippen LogP contribution in [0.3, 0.4) is 0 Å². The number of nitrogens with one attached hydrogen (secondary N) is 1. The summed E-state index contributed by atoms with van der Waals surface area (Å²) in [5, 5.41) is 12.5. The average molecular weight is 263 g/mol. The zero-order valence-corrected chi connectivity index (χ0v) is 11.0. The molecule has 1 saturated carbocycles. The number of aliphatic hydroxyl groups excluding tert-OH is 1. The van der Waals surface area contributed by atoms with Gasteiger partial charge in [-0.25, -0.2) is 0 Å². The van der Waals surface area contributed by atoms with Gasteiger partial charge in [0.2, 0.25) is 0 Å². The highest BCUT2D eigenvalue weighted by atomic mass is 16.3. The number of rotatable bonds is 3. The van der Waals surface area contributed by atoms with Gasteiger partial charge in [-0.2, -0.15) is 0 Å². The Kier molecular flexibility index (Phi) is 3.95. The van der Waals surface area contributed by atoms with Gasteiger partial charge in [0.1, 0.15) is 0 Å². The summed E-state index contributed by atoms with van der Waals surface area (Å²) in [6.45, 7) is -0.0312. The predicted molar refractivity (Wildman–Crippen MR) is 75.6 cm³/mol. The molecule has 0 aliphatic heterocycles. The molecule has 0 aromatic heterocycles. The van der Waals surface area contributed by atoms with Crippen molar-refractivity contribution in [1.82, 2.24) is 5.32 Å². The Morgan fingerprint density at radius 2 is 1.74 bits per heavy atom. The van der Waals surface area contributed by atoms with Gasteiger partial charge in [-0.1, -0.05) is 19.3 Å². The van der Waals surface area contributed by atoms with E-state index in [9.17, 15) is 9.90 Å². The number of anilines is 2. The summed E-state index contributed by atoms with van der Waals surface area (Å²) in [5.74, 6) is -0.227. The summed E-state index contributed by atoms with van der Waals surface area (Å²) >= 11 is 0. The van der Waals surface area contributed by atoms with Crippen LogP contribution in [0.5, 0.6) is 0 Å². The maximum absolute atomic E-state index is 12.2. The van der Waals surface area contributed by atoms with Crippen molar-refractivity contribution in [3.8, 4) is 0 Å². The van der Waals surface area contributed by atoms with E-state index in [1.807, 2.05) is 0 Å². The molecular formula is C14H21N3O2. The first-order chi connectivity index (χ1) is 9.04. The van der Waals surface area contributed by atoms with E-state index < -0.39 is 5.54 Å². The zero-order valence-electron chi connectivity index (χ0n) is 11.0. The van der Waals surface area contributed by atoms with Crippen molar-refractivity contribution < 1.29 is 9.90 Å². The second-order valence-corrected chi connectivity index (χ2v) is 5.34. The molecule has 0 unspecified atom stereocenters. The quantitative estimate of drug-likeness (QED) is 0.617. The highest BCUT2D eigenvalue weighted by Gasteiger charge is 2.33. The van der Waals surface area contributed by atoms with E-state index in [4.69, 9.17) is 11.5 Å². The molecule has 19 heavy (non-hydrogen) atoms. The van der Waals surface area contributed by atoms with Crippen molar-refractivity contribution in [1.29, 1.82) is 0 Å². The van der Waals surface area contributed by atoms with Gasteiger partial charge in [0.15, 0.2) is 0 Å². The van der Waals surface area contributed by atoms with Crippen LogP contribution >= 0.6 is 0 Å². The predicted octanol–water partition coefficient (Wildman–Crippen LogP) is 1.28. The van der Waals surface area contributed by atoms with Gasteiger partial charge in [-0.15, -0.1) is 0 Å². The van der Waals surface area contributed by atoms with Gasteiger partial charge >= 0.3 is 0 Å². The van der Waals surface area contributed by atoms with Crippen LogP contribution in [0, 0.1) is 0 Å². The van der Waals surface area contributed by atoms with Crippen molar-refractivity contribution in [3.63, 3.8) is 0 Å². The molecule has 0 spiro atoms. The Labute approximate surface area is 113 Å². The van der Waals surface area contributed by atoms with Crippen LogP contribution in [0.2, 0.25) is 0 Å².